The number of esters is 1. The number of carbonyl (C=O) groups is 2. The van der Waals surface area contributed by atoms with Gasteiger partial charge in [0, 0.05) is 18.4 Å². The summed E-state index contributed by atoms with van der Waals surface area (Å²) in [6.07, 6.45) is 12.2. The van der Waals surface area contributed by atoms with E-state index in [2.05, 4.69) is 74.6 Å². The molecule has 0 fully saturated rings. The summed E-state index contributed by atoms with van der Waals surface area (Å²) in [7, 11) is 0. The van der Waals surface area contributed by atoms with Gasteiger partial charge in [-0.05, 0) is 83.0 Å². The molecule has 1 amide bonds. The van der Waals surface area contributed by atoms with Gasteiger partial charge in [0.2, 0.25) is 0 Å². The number of alkyl carbamates (subject to hydrolysis) is 1. The predicted octanol–water partition coefficient (Wildman–Crippen LogP) is 10.4. The largest absolute Gasteiger partial charge is 0.459 e. The van der Waals surface area contributed by atoms with Crippen LogP contribution in [0.3, 0.4) is 0 Å². The van der Waals surface area contributed by atoms with Crippen molar-refractivity contribution in [1.82, 2.24) is 5.32 Å². The Balaban J connectivity index is 4.68. The summed E-state index contributed by atoms with van der Waals surface area (Å²) in [4.78, 5) is 25.3. The standard InChI is InChI=1S/C38H75NO6/c1-14-19-23-31(15-2)28-36(11,18-5)44-32(40)24-21-20-22-25-35(10,17-4)45-33(41)39-26-27-43-38(13,42)37(12,30(6)7)29-34(8,9)16-3/h30-31,42H,14-29H2,1-13H3,(H,39,41). The number of ether oxygens (including phenoxy) is 3. The minimum absolute atomic E-state index is 0.0742. The number of nitrogens with one attached hydrogen (secondary N) is 1. The second-order valence-electron chi connectivity index (χ2n) is 15.7. The number of hydrogen-bond acceptors (Lipinski definition) is 6. The average Bonchev–Trinajstić information content (AvgIpc) is 2.96. The van der Waals surface area contributed by atoms with Crippen LogP contribution in [0.1, 0.15) is 180 Å². The number of aliphatic hydroxyl groups is 1. The van der Waals surface area contributed by atoms with E-state index in [0.29, 0.717) is 18.8 Å². The van der Waals surface area contributed by atoms with Crippen LogP contribution in [0.5, 0.6) is 0 Å². The molecule has 45 heavy (non-hydrogen) atoms. The Kier molecular flexibility index (Phi) is 19.5. The van der Waals surface area contributed by atoms with Gasteiger partial charge in [-0.1, -0.05) is 108 Å². The summed E-state index contributed by atoms with van der Waals surface area (Å²) in [5, 5.41) is 14.2. The Morgan fingerprint density at radius 3 is 1.93 bits per heavy atom. The van der Waals surface area contributed by atoms with Crippen molar-refractivity contribution in [2.75, 3.05) is 13.2 Å². The van der Waals surface area contributed by atoms with Gasteiger partial charge >= 0.3 is 12.1 Å². The summed E-state index contributed by atoms with van der Waals surface area (Å²) in [5.41, 5.74) is -1.36. The Hall–Kier alpha value is -1.34. The minimum Gasteiger partial charge on any atom is -0.459 e. The molecule has 0 aromatic heterocycles. The fraction of sp³-hybridized carbons (Fsp3) is 0.947. The van der Waals surface area contributed by atoms with Crippen molar-refractivity contribution in [2.45, 2.75) is 197 Å². The van der Waals surface area contributed by atoms with Crippen LogP contribution in [0, 0.1) is 22.7 Å². The summed E-state index contributed by atoms with van der Waals surface area (Å²) in [6, 6.07) is 0. The van der Waals surface area contributed by atoms with Gasteiger partial charge in [-0.15, -0.1) is 0 Å². The quantitative estimate of drug-likeness (QED) is 0.0585. The maximum atomic E-state index is 12.7. The molecule has 0 radical (unpaired) electrons. The van der Waals surface area contributed by atoms with Crippen molar-refractivity contribution in [3.8, 4) is 0 Å². The van der Waals surface area contributed by atoms with E-state index >= 15 is 0 Å². The molecule has 0 bridgehead atoms. The third kappa shape index (κ3) is 15.9. The third-order valence-corrected chi connectivity index (χ3v) is 10.9. The average molecular weight is 642 g/mol. The Labute approximate surface area is 278 Å². The Morgan fingerprint density at radius 1 is 0.800 bits per heavy atom. The van der Waals surface area contributed by atoms with Crippen molar-refractivity contribution in [3.05, 3.63) is 0 Å². The van der Waals surface area contributed by atoms with Gasteiger partial charge in [0.05, 0.1) is 6.61 Å². The Morgan fingerprint density at radius 2 is 1.42 bits per heavy atom. The number of rotatable bonds is 25. The zero-order chi connectivity index (χ0) is 35.0. The van der Waals surface area contributed by atoms with Gasteiger partial charge in [-0.3, -0.25) is 4.79 Å². The molecule has 0 heterocycles. The SMILES string of the molecule is CCCCC(CC)CC(C)(CC)OC(=O)CCCCCC(C)(CC)OC(=O)NCCOC(C)(O)C(C)(CC(C)(C)CC)C(C)C. The first kappa shape index (κ1) is 43.7. The van der Waals surface area contributed by atoms with E-state index in [-0.39, 0.29) is 30.5 Å². The molecule has 0 saturated heterocycles. The van der Waals surface area contributed by atoms with E-state index in [1.165, 1.54) is 19.3 Å². The van der Waals surface area contributed by atoms with E-state index in [1.807, 2.05) is 13.8 Å². The van der Waals surface area contributed by atoms with Crippen molar-refractivity contribution >= 4 is 12.1 Å². The smallest absolute Gasteiger partial charge is 0.407 e. The van der Waals surface area contributed by atoms with Crippen LogP contribution in [0.25, 0.3) is 0 Å². The fourth-order valence-electron chi connectivity index (χ4n) is 6.23. The highest BCUT2D eigenvalue weighted by molar-refractivity contribution is 5.69. The molecule has 7 nitrogen and oxygen atoms in total. The monoisotopic (exact) mass is 642 g/mol. The van der Waals surface area contributed by atoms with Crippen molar-refractivity contribution in [3.63, 3.8) is 0 Å². The second kappa shape index (κ2) is 20.1. The molecule has 0 aliphatic heterocycles. The van der Waals surface area contributed by atoms with Gasteiger partial charge in [0.25, 0.3) is 0 Å². The fourth-order valence-corrected chi connectivity index (χ4v) is 6.23. The first-order valence-corrected chi connectivity index (χ1v) is 18.3. The molecule has 5 unspecified atom stereocenters. The van der Waals surface area contributed by atoms with Crippen LogP contribution in [0.4, 0.5) is 4.79 Å². The molecule has 0 aromatic rings. The molecule has 5 atom stereocenters. The lowest BCUT2D eigenvalue weighted by molar-refractivity contribution is -0.276. The van der Waals surface area contributed by atoms with Crippen LogP contribution in [0.15, 0.2) is 0 Å². The highest BCUT2D eigenvalue weighted by Crippen LogP contribution is 2.48. The molecular weight excluding hydrogens is 566 g/mol. The van der Waals surface area contributed by atoms with Crippen LogP contribution < -0.4 is 5.32 Å². The number of unbranched alkanes of at least 4 members (excludes halogenated alkanes) is 3. The summed E-state index contributed by atoms with van der Waals surface area (Å²) in [6.45, 7) is 27.7. The maximum Gasteiger partial charge on any atom is 0.407 e. The lowest BCUT2D eigenvalue weighted by Crippen LogP contribution is -2.52. The highest BCUT2D eigenvalue weighted by atomic mass is 16.6. The molecule has 0 spiro atoms. The number of hydrogen-bond donors (Lipinski definition) is 2. The first-order valence-electron chi connectivity index (χ1n) is 18.3. The molecule has 2 N–H and O–H groups in total. The predicted molar refractivity (Wildman–Crippen MR) is 187 cm³/mol. The molecule has 0 saturated carbocycles. The third-order valence-electron chi connectivity index (χ3n) is 10.9. The van der Waals surface area contributed by atoms with Crippen LogP contribution in [0.2, 0.25) is 0 Å². The Bertz CT molecular complexity index is 842. The topological polar surface area (TPSA) is 94.1 Å². The first-order chi connectivity index (χ1) is 20.8. The van der Waals surface area contributed by atoms with Crippen molar-refractivity contribution in [2.24, 2.45) is 22.7 Å². The zero-order valence-electron chi connectivity index (χ0n) is 32.0. The molecule has 0 aromatic carbocycles. The second-order valence-corrected chi connectivity index (χ2v) is 15.7. The molecule has 0 aliphatic rings. The maximum absolute atomic E-state index is 12.7. The van der Waals surface area contributed by atoms with Crippen molar-refractivity contribution in [1.29, 1.82) is 0 Å². The lowest BCUT2D eigenvalue weighted by atomic mass is 9.63. The van der Waals surface area contributed by atoms with E-state index in [1.54, 1.807) is 6.92 Å². The van der Waals surface area contributed by atoms with Crippen LogP contribution >= 0.6 is 0 Å². The van der Waals surface area contributed by atoms with Crippen LogP contribution in [-0.4, -0.2) is 47.3 Å². The molecule has 0 rings (SSSR count). The van der Waals surface area contributed by atoms with Gasteiger partial charge in [-0.25, -0.2) is 4.79 Å². The summed E-state index contributed by atoms with van der Waals surface area (Å²) in [5.74, 6) is -0.649. The van der Waals surface area contributed by atoms with Gasteiger partial charge < -0.3 is 24.6 Å². The minimum atomic E-state index is -1.34. The molecular formula is C38H75NO6. The van der Waals surface area contributed by atoms with Gasteiger partial charge in [0.1, 0.15) is 11.2 Å². The van der Waals surface area contributed by atoms with E-state index in [0.717, 1.165) is 57.8 Å². The van der Waals surface area contributed by atoms with E-state index in [4.69, 9.17) is 14.2 Å². The summed E-state index contributed by atoms with van der Waals surface area (Å²) < 4.78 is 17.8. The lowest BCUT2D eigenvalue weighted by Gasteiger charge is -2.49. The normalized spacial score (nSPS) is 18.3. The zero-order valence-corrected chi connectivity index (χ0v) is 32.0. The van der Waals surface area contributed by atoms with Gasteiger partial charge in [-0.2, -0.15) is 0 Å². The van der Waals surface area contributed by atoms with Crippen LogP contribution in [-0.2, 0) is 19.0 Å². The number of amides is 1. The van der Waals surface area contributed by atoms with E-state index < -0.39 is 28.5 Å². The highest BCUT2D eigenvalue weighted by Gasteiger charge is 2.49. The van der Waals surface area contributed by atoms with E-state index in [9.17, 15) is 14.7 Å². The van der Waals surface area contributed by atoms with Crippen molar-refractivity contribution < 1.29 is 28.9 Å². The molecule has 7 heteroatoms. The molecule has 268 valence electrons. The summed E-state index contributed by atoms with van der Waals surface area (Å²) >= 11 is 0. The van der Waals surface area contributed by atoms with Gasteiger partial charge in [0.15, 0.2) is 5.79 Å². The molecule has 0 aliphatic carbocycles. The number of carbonyl (C=O) groups excluding carboxylic acids is 2.